The molecule has 0 aliphatic rings. The zero-order chi connectivity index (χ0) is 10.4. The first-order valence-corrected chi connectivity index (χ1v) is 4.39. The summed E-state index contributed by atoms with van der Waals surface area (Å²) < 4.78 is 9.56. The standard InChI is InChI=1S/C9H10ClNO3/c1-13-9-4-7(2-3-14-6-12)11-5-8(9)10/h4-6H,2-3H2,1H3. The van der Waals surface area contributed by atoms with Gasteiger partial charge >= 0.3 is 0 Å². The number of methoxy groups -OCH3 is 1. The zero-order valence-electron chi connectivity index (χ0n) is 7.70. The smallest absolute Gasteiger partial charge is 0.293 e. The highest BCUT2D eigenvalue weighted by molar-refractivity contribution is 6.31. The predicted octanol–water partition coefficient (Wildman–Crippen LogP) is 1.46. The number of pyridine rings is 1. The van der Waals surface area contributed by atoms with Crippen molar-refractivity contribution in [3.8, 4) is 5.75 Å². The minimum absolute atomic E-state index is 0.307. The first kappa shape index (κ1) is 10.8. The van der Waals surface area contributed by atoms with Gasteiger partial charge < -0.3 is 9.47 Å². The molecule has 0 spiro atoms. The number of hydrogen-bond donors (Lipinski definition) is 0. The zero-order valence-corrected chi connectivity index (χ0v) is 8.45. The molecule has 0 N–H and O–H groups in total. The van der Waals surface area contributed by atoms with Crippen molar-refractivity contribution in [2.75, 3.05) is 13.7 Å². The van der Waals surface area contributed by atoms with Crippen LogP contribution in [0.5, 0.6) is 5.75 Å². The molecule has 0 amide bonds. The molecule has 0 aliphatic heterocycles. The third-order valence-electron chi connectivity index (χ3n) is 1.64. The second-order valence-electron chi connectivity index (χ2n) is 2.53. The molecule has 0 saturated carbocycles. The molecule has 0 bridgehead atoms. The average molecular weight is 216 g/mol. The normalized spacial score (nSPS) is 9.57. The fourth-order valence-corrected chi connectivity index (χ4v) is 1.15. The van der Waals surface area contributed by atoms with Crippen LogP contribution in [0, 0.1) is 0 Å². The number of carbonyl (C=O) groups is 1. The van der Waals surface area contributed by atoms with Crippen molar-refractivity contribution < 1.29 is 14.3 Å². The number of aromatic nitrogens is 1. The van der Waals surface area contributed by atoms with Gasteiger partial charge in [0.1, 0.15) is 10.8 Å². The topological polar surface area (TPSA) is 48.4 Å². The molecule has 0 atom stereocenters. The first-order chi connectivity index (χ1) is 6.77. The molecule has 1 aromatic rings. The lowest BCUT2D eigenvalue weighted by Crippen LogP contribution is -1.99. The maximum absolute atomic E-state index is 9.88. The van der Waals surface area contributed by atoms with Gasteiger partial charge in [-0.25, -0.2) is 0 Å². The number of halogens is 1. The van der Waals surface area contributed by atoms with Crippen LogP contribution in [0.1, 0.15) is 5.69 Å². The van der Waals surface area contributed by atoms with E-state index in [1.165, 1.54) is 13.3 Å². The largest absolute Gasteiger partial charge is 0.495 e. The maximum Gasteiger partial charge on any atom is 0.293 e. The molecule has 0 radical (unpaired) electrons. The van der Waals surface area contributed by atoms with E-state index in [4.69, 9.17) is 16.3 Å². The molecule has 14 heavy (non-hydrogen) atoms. The van der Waals surface area contributed by atoms with Crippen LogP contribution in [-0.2, 0) is 16.0 Å². The Morgan fingerprint density at radius 2 is 2.43 bits per heavy atom. The quantitative estimate of drug-likeness (QED) is 0.551. The summed E-state index contributed by atoms with van der Waals surface area (Å²) in [6.45, 7) is 0.717. The Hall–Kier alpha value is -1.29. The lowest BCUT2D eigenvalue weighted by atomic mass is 10.3. The van der Waals surface area contributed by atoms with Crippen molar-refractivity contribution in [1.29, 1.82) is 0 Å². The molecule has 0 fully saturated rings. The number of carbonyl (C=O) groups excluding carboxylic acids is 1. The van der Waals surface area contributed by atoms with E-state index in [0.29, 0.717) is 30.3 Å². The summed E-state index contributed by atoms with van der Waals surface area (Å²) in [6, 6.07) is 1.72. The second kappa shape index (κ2) is 5.44. The highest BCUT2D eigenvalue weighted by atomic mass is 35.5. The summed E-state index contributed by atoms with van der Waals surface area (Å²) in [4.78, 5) is 13.9. The summed E-state index contributed by atoms with van der Waals surface area (Å²) in [5.41, 5.74) is 0.771. The Morgan fingerprint density at radius 3 is 3.07 bits per heavy atom. The molecule has 76 valence electrons. The minimum atomic E-state index is 0.307. The molecular weight excluding hydrogens is 206 g/mol. The highest BCUT2D eigenvalue weighted by Crippen LogP contribution is 2.23. The van der Waals surface area contributed by atoms with Crippen LogP contribution in [0.15, 0.2) is 12.3 Å². The number of hydrogen-bond acceptors (Lipinski definition) is 4. The second-order valence-corrected chi connectivity index (χ2v) is 2.93. The van der Waals surface area contributed by atoms with Crippen LogP contribution in [0.4, 0.5) is 0 Å². The fraction of sp³-hybridized carbons (Fsp3) is 0.333. The van der Waals surface area contributed by atoms with Crippen LogP contribution in [0.3, 0.4) is 0 Å². The number of rotatable bonds is 5. The first-order valence-electron chi connectivity index (χ1n) is 4.01. The van der Waals surface area contributed by atoms with E-state index in [1.54, 1.807) is 6.07 Å². The van der Waals surface area contributed by atoms with E-state index in [-0.39, 0.29) is 0 Å². The summed E-state index contributed by atoms with van der Waals surface area (Å²) >= 11 is 5.78. The molecule has 1 heterocycles. The van der Waals surface area contributed by atoms with Crippen molar-refractivity contribution in [1.82, 2.24) is 4.98 Å². The Labute approximate surface area is 86.8 Å². The Kier molecular flexibility index (Phi) is 4.19. The SMILES string of the molecule is COc1cc(CCOC=O)ncc1Cl. The van der Waals surface area contributed by atoms with Gasteiger partial charge in [0.2, 0.25) is 0 Å². The maximum atomic E-state index is 9.88. The van der Waals surface area contributed by atoms with E-state index >= 15 is 0 Å². The summed E-state index contributed by atoms with van der Waals surface area (Å²) in [7, 11) is 1.53. The Bertz CT molecular complexity index is 317. The average Bonchev–Trinajstić information content (AvgIpc) is 2.21. The molecule has 1 rings (SSSR count). The van der Waals surface area contributed by atoms with Gasteiger partial charge in [-0.2, -0.15) is 0 Å². The van der Waals surface area contributed by atoms with Gasteiger partial charge in [-0.1, -0.05) is 11.6 Å². The van der Waals surface area contributed by atoms with Gasteiger partial charge in [0.05, 0.1) is 13.7 Å². The lowest BCUT2D eigenvalue weighted by Gasteiger charge is -2.04. The molecule has 4 nitrogen and oxygen atoms in total. The predicted molar refractivity (Wildman–Crippen MR) is 51.5 cm³/mol. The summed E-state index contributed by atoms with van der Waals surface area (Å²) in [5, 5.41) is 0.465. The lowest BCUT2D eigenvalue weighted by molar-refractivity contribution is -0.128. The fourth-order valence-electron chi connectivity index (χ4n) is 0.965. The minimum Gasteiger partial charge on any atom is -0.495 e. The van der Waals surface area contributed by atoms with Crippen LogP contribution >= 0.6 is 11.6 Å². The Balaban J connectivity index is 2.64. The van der Waals surface area contributed by atoms with Gasteiger partial charge in [0.25, 0.3) is 6.47 Å². The van der Waals surface area contributed by atoms with Crippen molar-refractivity contribution in [2.24, 2.45) is 0 Å². The molecule has 0 unspecified atom stereocenters. The molecule has 0 saturated heterocycles. The van der Waals surface area contributed by atoms with Crippen LogP contribution in [0.25, 0.3) is 0 Å². The van der Waals surface area contributed by atoms with Crippen LogP contribution < -0.4 is 4.74 Å². The summed E-state index contributed by atoms with van der Waals surface area (Å²) in [5.74, 6) is 0.572. The van der Waals surface area contributed by atoms with Crippen LogP contribution in [0.2, 0.25) is 5.02 Å². The van der Waals surface area contributed by atoms with Gasteiger partial charge in [-0.15, -0.1) is 0 Å². The van der Waals surface area contributed by atoms with Gasteiger partial charge in [-0.3, -0.25) is 9.78 Å². The molecular formula is C9H10ClNO3. The van der Waals surface area contributed by atoms with Crippen molar-refractivity contribution in [3.63, 3.8) is 0 Å². The van der Waals surface area contributed by atoms with E-state index in [1.807, 2.05) is 0 Å². The number of nitrogens with zero attached hydrogens (tertiary/aromatic N) is 1. The monoisotopic (exact) mass is 215 g/mol. The third kappa shape index (κ3) is 2.88. The molecule has 0 aliphatic carbocycles. The van der Waals surface area contributed by atoms with Gasteiger partial charge in [-0.05, 0) is 0 Å². The Morgan fingerprint density at radius 1 is 1.64 bits per heavy atom. The third-order valence-corrected chi connectivity index (χ3v) is 1.92. The van der Waals surface area contributed by atoms with E-state index in [2.05, 4.69) is 9.72 Å². The molecule has 1 aromatic heterocycles. The van der Waals surface area contributed by atoms with Crippen LogP contribution in [-0.4, -0.2) is 25.2 Å². The van der Waals surface area contributed by atoms with Gasteiger partial charge in [0.15, 0.2) is 0 Å². The van der Waals surface area contributed by atoms with E-state index in [9.17, 15) is 4.79 Å². The van der Waals surface area contributed by atoms with E-state index in [0.717, 1.165) is 5.69 Å². The van der Waals surface area contributed by atoms with E-state index < -0.39 is 0 Å². The van der Waals surface area contributed by atoms with Crippen molar-refractivity contribution in [2.45, 2.75) is 6.42 Å². The molecule has 5 heteroatoms. The number of ether oxygens (including phenoxy) is 2. The summed E-state index contributed by atoms with van der Waals surface area (Å²) in [6.07, 6.45) is 2.06. The molecule has 0 aromatic carbocycles. The van der Waals surface area contributed by atoms with Gasteiger partial charge in [0, 0.05) is 24.4 Å². The highest BCUT2D eigenvalue weighted by Gasteiger charge is 2.03. The van der Waals surface area contributed by atoms with Crippen molar-refractivity contribution >= 4 is 18.1 Å². The van der Waals surface area contributed by atoms with Crippen molar-refractivity contribution in [3.05, 3.63) is 23.0 Å².